The maximum Gasteiger partial charge on any atom is 0.109 e. The second kappa shape index (κ2) is 5.95. The zero-order chi connectivity index (χ0) is 15.8. The summed E-state index contributed by atoms with van der Waals surface area (Å²) in [6.07, 6.45) is 5.78. The quantitative estimate of drug-likeness (QED) is 0.743. The Morgan fingerprint density at radius 1 is 1.09 bits per heavy atom. The van der Waals surface area contributed by atoms with E-state index in [0.717, 1.165) is 35.1 Å². The van der Waals surface area contributed by atoms with Gasteiger partial charge in [0.2, 0.25) is 0 Å². The molecular formula is C18H19ClN4. The van der Waals surface area contributed by atoms with E-state index in [2.05, 4.69) is 39.3 Å². The highest BCUT2D eigenvalue weighted by atomic mass is 35.5. The number of benzene rings is 1. The molecular weight excluding hydrogens is 308 g/mol. The Bertz CT molecular complexity index is 767. The fourth-order valence-corrected chi connectivity index (χ4v) is 3.63. The Hall–Kier alpha value is -1.91. The first kappa shape index (κ1) is 14.7. The third kappa shape index (κ3) is 2.96. The van der Waals surface area contributed by atoms with Gasteiger partial charge in [-0.25, -0.2) is 4.98 Å². The van der Waals surface area contributed by atoms with Crippen LogP contribution < -0.4 is 5.32 Å². The zero-order valence-electron chi connectivity index (χ0n) is 13.0. The maximum absolute atomic E-state index is 6.01. The van der Waals surface area contributed by atoms with Crippen LogP contribution in [0, 0.1) is 0 Å². The molecule has 3 aliphatic heterocycles. The molecule has 3 heterocycles. The lowest BCUT2D eigenvalue weighted by atomic mass is 9.85. The molecule has 0 aliphatic carbocycles. The SMILES string of the molecule is CC1CC(c2ncc3nccc-3[nH]2)CC(c2ccc(Cl)cc2)N1. The molecule has 0 bridgehead atoms. The molecule has 0 aromatic heterocycles. The van der Waals surface area contributed by atoms with E-state index in [1.54, 1.807) is 0 Å². The van der Waals surface area contributed by atoms with Crippen molar-refractivity contribution < 1.29 is 0 Å². The number of piperidine rings is 1. The third-order valence-electron chi connectivity index (χ3n) is 4.62. The van der Waals surface area contributed by atoms with Crippen LogP contribution in [0.3, 0.4) is 0 Å². The van der Waals surface area contributed by atoms with Crippen LogP contribution in [-0.4, -0.2) is 21.0 Å². The summed E-state index contributed by atoms with van der Waals surface area (Å²) in [6, 6.07) is 10.9. The van der Waals surface area contributed by atoms with Crippen molar-refractivity contribution in [1.29, 1.82) is 0 Å². The van der Waals surface area contributed by atoms with Crippen LogP contribution in [0.2, 0.25) is 5.02 Å². The summed E-state index contributed by atoms with van der Waals surface area (Å²) in [7, 11) is 0. The van der Waals surface area contributed by atoms with Gasteiger partial charge in [-0.1, -0.05) is 23.7 Å². The number of nitrogens with one attached hydrogen (secondary N) is 2. The summed E-state index contributed by atoms with van der Waals surface area (Å²) in [5, 5.41) is 4.46. The normalized spacial score (nSPS) is 24.9. The van der Waals surface area contributed by atoms with Crippen molar-refractivity contribution in [2.75, 3.05) is 0 Å². The van der Waals surface area contributed by atoms with Crippen molar-refractivity contribution in [1.82, 2.24) is 20.3 Å². The second-order valence-electron chi connectivity index (χ2n) is 6.35. The van der Waals surface area contributed by atoms with Crippen LogP contribution in [0.25, 0.3) is 11.4 Å². The Morgan fingerprint density at radius 2 is 1.91 bits per heavy atom. The first-order valence-corrected chi connectivity index (χ1v) is 8.38. The van der Waals surface area contributed by atoms with Gasteiger partial charge in [-0.2, -0.15) is 0 Å². The Balaban J connectivity index is 1.61. The summed E-state index contributed by atoms with van der Waals surface area (Å²) in [6.45, 7) is 2.23. The van der Waals surface area contributed by atoms with Crippen LogP contribution in [0.1, 0.15) is 43.1 Å². The standard InChI is InChI=1S/C18H19ClN4/c1-11-8-13(18-21-10-17-15(23-18)6-7-20-17)9-16(22-11)12-2-4-14(19)5-3-12/h2-7,10-11,13,16,22H,8-9H2,1H3,(H,21,23). The number of halogens is 1. The second-order valence-corrected chi connectivity index (χ2v) is 6.79. The van der Waals surface area contributed by atoms with Crippen LogP contribution in [-0.2, 0) is 0 Å². The lowest BCUT2D eigenvalue weighted by molar-refractivity contribution is 0.299. The predicted molar refractivity (Wildman–Crippen MR) is 91.8 cm³/mol. The van der Waals surface area contributed by atoms with E-state index in [1.165, 1.54) is 5.56 Å². The number of fused-ring (bicyclic) bond motifs is 1. The van der Waals surface area contributed by atoms with Crippen molar-refractivity contribution in [2.45, 2.75) is 37.8 Å². The van der Waals surface area contributed by atoms with Gasteiger partial charge in [0.25, 0.3) is 0 Å². The Labute approximate surface area is 140 Å². The molecule has 23 heavy (non-hydrogen) atoms. The number of aromatic amines is 1. The minimum Gasteiger partial charge on any atom is -0.342 e. The molecule has 4 nitrogen and oxygen atoms in total. The first-order chi connectivity index (χ1) is 11.2. The third-order valence-corrected chi connectivity index (χ3v) is 4.87. The lowest BCUT2D eigenvalue weighted by Crippen LogP contribution is -2.38. The molecule has 1 saturated heterocycles. The van der Waals surface area contributed by atoms with Gasteiger partial charge >= 0.3 is 0 Å². The molecule has 0 radical (unpaired) electrons. The zero-order valence-corrected chi connectivity index (χ0v) is 13.7. The summed E-state index contributed by atoms with van der Waals surface area (Å²) >= 11 is 6.01. The summed E-state index contributed by atoms with van der Waals surface area (Å²) in [5.74, 6) is 1.46. The van der Waals surface area contributed by atoms with Gasteiger partial charge in [-0.3, -0.25) is 4.98 Å². The van der Waals surface area contributed by atoms with E-state index < -0.39 is 0 Å². The topological polar surface area (TPSA) is 53.6 Å². The van der Waals surface area contributed by atoms with E-state index >= 15 is 0 Å². The van der Waals surface area contributed by atoms with Crippen molar-refractivity contribution in [2.24, 2.45) is 0 Å². The predicted octanol–water partition coefficient (Wildman–Crippen LogP) is 4.16. The van der Waals surface area contributed by atoms with Crippen LogP contribution in [0.15, 0.2) is 42.7 Å². The highest BCUT2D eigenvalue weighted by Crippen LogP contribution is 2.36. The van der Waals surface area contributed by atoms with Crippen molar-refractivity contribution in [3.05, 3.63) is 59.1 Å². The molecule has 4 rings (SSSR count). The number of rotatable bonds is 2. The molecule has 0 saturated carbocycles. The maximum atomic E-state index is 6.01. The van der Waals surface area contributed by atoms with Crippen molar-refractivity contribution >= 4 is 11.6 Å². The van der Waals surface area contributed by atoms with E-state index in [0.29, 0.717) is 18.0 Å². The fourth-order valence-electron chi connectivity index (χ4n) is 3.50. The summed E-state index contributed by atoms with van der Waals surface area (Å²) in [4.78, 5) is 12.3. The highest BCUT2D eigenvalue weighted by Gasteiger charge is 2.29. The van der Waals surface area contributed by atoms with E-state index in [9.17, 15) is 0 Å². The minimum atomic E-state index is 0.324. The number of hydrogen-bond donors (Lipinski definition) is 2. The van der Waals surface area contributed by atoms with Crippen LogP contribution in [0.4, 0.5) is 0 Å². The molecule has 3 aliphatic rings. The van der Waals surface area contributed by atoms with Gasteiger partial charge in [-0.15, -0.1) is 0 Å². The van der Waals surface area contributed by atoms with Gasteiger partial charge in [0.15, 0.2) is 0 Å². The molecule has 3 unspecified atom stereocenters. The molecule has 118 valence electrons. The molecule has 1 fully saturated rings. The summed E-state index contributed by atoms with van der Waals surface area (Å²) in [5.41, 5.74) is 3.26. The van der Waals surface area contributed by atoms with Crippen LogP contribution >= 0.6 is 11.6 Å². The first-order valence-electron chi connectivity index (χ1n) is 8.00. The van der Waals surface area contributed by atoms with Gasteiger partial charge in [0.1, 0.15) is 11.5 Å². The van der Waals surface area contributed by atoms with Gasteiger partial charge < -0.3 is 10.3 Å². The lowest BCUT2D eigenvalue weighted by Gasteiger charge is -2.34. The van der Waals surface area contributed by atoms with E-state index in [-0.39, 0.29) is 0 Å². The Kier molecular flexibility index (Phi) is 3.79. The van der Waals surface area contributed by atoms with E-state index in [4.69, 9.17) is 11.6 Å². The molecule has 2 N–H and O–H groups in total. The molecule has 1 aromatic rings. The summed E-state index contributed by atoms with van der Waals surface area (Å²) < 4.78 is 0. The van der Waals surface area contributed by atoms with E-state index in [1.807, 2.05) is 30.6 Å². The molecule has 0 spiro atoms. The largest absolute Gasteiger partial charge is 0.342 e. The van der Waals surface area contributed by atoms with Gasteiger partial charge in [0.05, 0.1) is 11.9 Å². The Morgan fingerprint density at radius 3 is 2.74 bits per heavy atom. The number of nitrogens with zero attached hydrogens (tertiary/aromatic N) is 2. The molecule has 3 atom stereocenters. The minimum absolute atomic E-state index is 0.324. The molecule has 0 amide bonds. The number of H-pyrrole nitrogens is 1. The van der Waals surface area contributed by atoms with Crippen LogP contribution in [0.5, 0.6) is 0 Å². The van der Waals surface area contributed by atoms with Crippen molar-refractivity contribution in [3.63, 3.8) is 0 Å². The van der Waals surface area contributed by atoms with Gasteiger partial charge in [0, 0.05) is 29.2 Å². The average molecular weight is 327 g/mol. The smallest absolute Gasteiger partial charge is 0.109 e. The average Bonchev–Trinajstić information content (AvgIpc) is 3.02. The fraction of sp³-hybridized carbons (Fsp3) is 0.333. The molecule has 5 heteroatoms. The number of hydrogen-bond acceptors (Lipinski definition) is 3. The van der Waals surface area contributed by atoms with Crippen molar-refractivity contribution in [3.8, 4) is 11.4 Å². The highest BCUT2D eigenvalue weighted by molar-refractivity contribution is 6.30. The van der Waals surface area contributed by atoms with Gasteiger partial charge in [-0.05, 0) is 43.5 Å². The number of aromatic nitrogens is 3. The molecule has 1 aromatic carbocycles. The monoisotopic (exact) mass is 326 g/mol.